The van der Waals surface area contributed by atoms with Gasteiger partial charge in [0.05, 0.1) is 7.11 Å². The molecule has 3 rings (SSSR count). The van der Waals surface area contributed by atoms with Gasteiger partial charge in [0.2, 0.25) is 5.91 Å². The van der Waals surface area contributed by atoms with Crippen LogP contribution in [-0.2, 0) is 4.79 Å². The van der Waals surface area contributed by atoms with Crippen LogP contribution >= 0.6 is 0 Å². The number of aromatic amines is 1. The van der Waals surface area contributed by atoms with E-state index in [1.54, 1.807) is 7.11 Å². The molecule has 1 atom stereocenters. The molecule has 1 aromatic heterocycles. The number of ether oxygens (including phenoxy) is 1. The van der Waals surface area contributed by atoms with E-state index in [0.717, 1.165) is 28.8 Å². The van der Waals surface area contributed by atoms with Crippen LogP contribution < -0.4 is 15.4 Å². The number of fused-ring (bicyclic) bond motifs is 1. The van der Waals surface area contributed by atoms with E-state index in [1.807, 2.05) is 24.4 Å². The van der Waals surface area contributed by atoms with E-state index in [0.29, 0.717) is 6.54 Å². The first kappa shape index (κ1) is 11.1. The second-order valence-corrected chi connectivity index (χ2v) is 4.34. The van der Waals surface area contributed by atoms with Gasteiger partial charge in [-0.2, -0.15) is 0 Å². The van der Waals surface area contributed by atoms with Crippen LogP contribution in [0.2, 0.25) is 0 Å². The molecular formula is C13H15N3O2. The normalized spacial score (nSPS) is 19.8. The summed E-state index contributed by atoms with van der Waals surface area (Å²) in [6, 6.07) is 5.56. The second-order valence-electron chi connectivity index (χ2n) is 4.34. The molecule has 1 aliphatic rings. The van der Waals surface area contributed by atoms with E-state index in [1.165, 1.54) is 0 Å². The van der Waals surface area contributed by atoms with Crippen LogP contribution in [0.5, 0.6) is 5.75 Å². The number of hydrogen-bond donors (Lipinski definition) is 3. The lowest BCUT2D eigenvalue weighted by Gasteiger charge is -2.24. The molecule has 1 fully saturated rings. The maximum absolute atomic E-state index is 11.8. The number of rotatable bonds is 2. The lowest BCUT2D eigenvalue weighted by atomic mass is 10.0. The zero-order valence-corrected chi connectivity index (χ0v) is 10.1. The van der Waals surface area contributed by atoms with Gasteiger partial charge in [-0.3, -0.25) is 4.79 Å². The molecule has 0 aliphatic carbocycles. The van der Waals surface area contributed by atoms with Crippen molar-refractivity contribution in [2.24, 2.45) is 0 Å². The lowest BCUT2D eigenvalue weighted by Crippen LogP contribution is -2.47. The van der Waals surface area contributed by atoms with Gasteiger partial charge in [-0.25, -0.2) is 0 Å². The lowest BCUT2D eigenvalue weighted by molar-refractivity contribution is -0.124. The second kappa shape index (κ2) is 4.34. The number of nitrogens with one attached hydrogen (secondary N) is 3. The third kappa shape index (κ3) is 1.73. The number of amides is 1. The highest BCUT2D eigenvalue weighted by atomic mass is 16.5. The largest absolute Gasteiger partial charge is 0.496 e. The van der Waals surface area contributed by atoms with Crippen LogP contribution in [0.25, 0.3) is 10.9 Å². The molecule has 5 heteroatoms. The quantitative estimate of drug-likeness (QED) is 0.737. The molecule has 1 aromatic carbocycles. The Bertz CT molecular complexity index is 591. The molecule has 1 aliphatic heterocycles. The number of methoxy groups -OCH3 is 1. The Morgan fingerprint density at radius 1 is 1.33 bits per heavy atom. The fourth-order valence-electron chi connectivity index (χ4n) is 2.36. The van der Waals surface area contributed by atoms with Gasteiger partial charge in [0.25, 0.3) is 0 Å². The molecule has 3 N–H and O–H groups in total. The summed E-state index contributed by atoms with van der Waals surface area (Å²) in [6.45, 7) is 1.46. The fraction of sp³-hybridized carbons (Fsp3) is 0.308. The average molecular weight is 245 g/mol. The van der Waals surface area contributed by atoms with E-state index in [4.69, 9.17) is 4.74 Å². The molecule has 1 saturated heterocycles. The van der Waals surface area contributed by atoms with Crippen LogP contribution in [0, 0.1) is 0 Å². The summed E-state index contributed by atoms with van der Waals surface area (Å²) in [5.74, 6) is 0.790. The molecule has 0 bridgehead atoms. The van der Waals surface area contributed by atoms with E-state index in [9.17, 15) is 4.79 Å². The highest BCUT2D eigenvalue weighted by Gasteiger charge is 2.24. The SMILES string of the molecule is COc1cc(C2NCCNC2=O)cc2[nH]ccc12. The first-order valence-electron chi connectivity index (χ1n) is 5.96. The summed E-state index contributed by atoms with van der Waals surface area (Å²) in [4.78, 5) is 15.0. The Balaban J connectivity index is 2.08. The molecule has 0 saturated carbocycles. The summed E-state index contributed by atoms with van der Waals surface area (Å²) < 4.78 is 5.37. The molecule has 5 nitrogen and oxygen atoms in total. The van der Waals surface area contributed by atoms with Gasteiger partial charge in [0, 0.05) is 30.2 Å². The number of benzene rings is 1. The van der Waals surface area contributed by atoms with Gasteiger partial charge in [0.1, 0.15) is 11.8 Å². The monoisotopic (exact) mass is 245 g/mol. The van der Waals surface area contributed by atoms with Gasteiger partial charge >= 0.3 is 0 Å². The van der Waals surface area contributed by atoms with Crippen molar-refractivity contribution in [3.63, 3.8) is 0 Å². The number of carbonyl (C=O) groups excluding carboxylic acids is 1. The number of aromatic nitrogens is 1. The molecule has 18 heavy (non-hydrogen) atoms. The Labute approximate surface area is 105 Å². The Hall–Kier alpha value is -2.01. The van der Waals surface area contributed by atoms with Crippen LogP contribution in [0.1, 0.15) is 11.6 Å². The standard InChI is InChI=1S/C13H15N3O2/c1-18-11-7-8(6-10-9(11)2-3-14-10)12-13(17)16-5-4-15-12/h2-3,6-7,12,14-15H,4-5H2,1H3,(H,16,17). The smallest absolute Gasteiger partial charge is 0.241 e. The van der Waals surface area contributed by atoms with Crippen LogP contribution in [0.4, 0.5) is 0 Å². The van der Waals surface area contributed by atoms with Crippen molar-refractivity contribution in [1.82, 2.24) is 15.6 Å². The van der Waals surface area contributed by atoms with Gasteiger partial charge in [-0.15, -0.1) is 0 Å². The van der Waals surface area contributed by atoms with Crippen molar-refractivity contribution in [2.75, 3.05) is 20.2 Å². The zero-order valence-electron chi connectivity index (χ0n) is 10.1. The van der Waals surface area contributed by atoms with Gasteiger partial charge in [-0.05, 0) is 23.8 Å². The average Bonchev–Trinajstić information content (AvgIpc) is 2.86. The van der Waals surface area contributed by atoms with Crippen LogP contribution in [0.15, 0.2) is 24.4 Å². The van der Waals surface area contributed by atoms with Crippen molar-refractivity contribution in [1.29, 1.82) is 0 Å². The minimum Gasteiger partial charge on any atom is -0.496 e. The van der Waals surface area contributed by atoms with Crippen molar-refractivity contribution < 1.29 is 9.53 Å². The van der Waals surface area contributed by atoms with Crippen LogP contribution in [-0.4, -0.2) is 31.1 Å². The van der Waals surface area contributed by atoms with E-state index in [-0.39, 0.29) is 11.9 Å². The predicted octanol–water partition coefficient (Wildman–Crippen LogP) is 0.937. The van der Waals surface area contributed by atoms with Crippen molar-refractivity contribution in [3.05, 3.63) is 30.0 Å². The summed E-state index contributed by atoms with van der Waals surface area (Å²) >= 11 is 0. The molecule has 0 radical (unpaired) electrons. The number of hydrogen-bond acceptors (Lipinski definition) is 3. The highest BCUT2D eigenvalue weighted by molar-refractivity contribution is 5.90. The van der Waals surface area contributed by atoms with Gasteiger partial charge < -0.3 is 20.4 Å². The third-order valence-electron chi connectivity index (χ3n) is 3.24. The first-order chi connectivity index (χ1) is 8.79. The first-order valence-corrected chi connectivity index (χ1v) is 5.96. The van der Waals surface area contributed by atoms with Crippen molar-refractivity contribution >= 4 is 16.8 Å². The topological polar surface area (TPSA) is 66.2 Å². The van der Waals surface area contributed by atoms with E-state index in [2.05, 4.69) is 15.6 Å². The van der Waals surface area contributed by atoms with Crippen molar-refractivity contribution in [3.8, 4) is 5.75 Å². The molecule has 1 amide bonds. The van der Waals surface area contributed by atoms with Crippen molar-refractivity contribution in [2.45, 2.75) is 6.04 Å². The third-order valence-corrected chi connectivity index (χ3v) is 3.24. The molecule has 2 heterocycles. The fourth-order valence-corrected chi connectivity index (χ4v) is 2.36. The Morgan fingerprint density at radius 2 is 2.22 bits per heavy atom. The summed E-state index contributed by atoms with van der Waals surface area (Å²) in [6.07, 6.45) is 1.87. The minimum absolute atomic E-state index is 0.00853. The number of carbonyl (C=O) groups is 1. The Kier molecular flexibility index (Phi) is 2.68. The number of piperazine rings is 1. The summed E-state index contributed by atoms with van der Waals surface area (Å²) in [7, 11) is 1.64. The summed E-state index contributed by atoms with van der Waals surface area (Å²) in [5, 5.41) is 7.09. The molecular weight excluding hydrogens is 230 g/mol. The zero-order chi connectivity index (χ0) is 12.5. The predicted molar refractivity (Wildman–Crippen MR) is 68.6 cm³/mol. The molecule has 0 spiro atoms. The van der Waals surface area contributed by atoms with Gasteiger partial charge in [-0.1, -0.05) is 0 Å². The highest BCUT2D eigenvalue weighted by Crippen LogP contribution is 2.29. The summed E-state index contributed by atoms with van der Waals surface area (Å²) in [5.41, 5.74) is 1.89. The minimum atomic E-state index is -0.305. The number of H-pyrrole nitrogens is 1. The maximum atomic E-state index is 11.8. The molecule has 94 valence electrons. The maximum Gasteiger partial charge on any atom is 0.241 e. The van der Waals surface area contributed by atoms with E-state index >= 15 is 0 Å². The van der Waals surface area contributed by atoms with Gasteiger partial charge in [0.15, 0.2) is 0 Å². The van der Waals surface area contributed by atoms with Crippen LogP contribution in [0.3, 0.4) is 0 Å². The Morgan fingerprint density at radius 3 is 3.00 bits per heavy atom. The molecule has 1 unspecified atom stereocenters. The van der Waals surface area contributed by atoms with E-state index < -0.39 is 0 Å². The molecule has 2 aromatic rings.